The van der Waals surface area contributed by atoms with E-state index in [0.29, 0.717) is 10.7 Å². The molecule has 0 saturated heterocycles. The van der Waals surface area contributed by atoms with E-state index in [2.05, 4.69) is 5.32 Å². The Morgan fingerprint density at radius 1 is 1.22 bits per heavy atom. The smallest absolute Gasteiger partial charge is 0.340 e. The van der Waals surface area contributed by atoms with Gasteiger partial charge in [0.15, 0.2) is 6.61 Å². The van der Waals surface area contributed by atoms with Gasteiger partial charge >= 0.3 is 5.97 Å². The minimum Gasteiger partial charge on any atom is -0.452 e. The summed E-state index contributed by atoms with van der Waals surface area (Å²) in [5, 5.41) is 3.15. The fraction of sp³-hybridized carbons (Fsp3) is 0.176. The number of amides is 1. The lowest BCUT2D eigenvalue weighted by atomic mass is 10.1. The second-order valence-corrected chi connectivity index (χ2v) is 5.30. The number of rotatable bonds is 5. The third kappa shape index (κ3) is 4.47. The number of aryl methyl sites for hydroxylation is 1. The zero-order valence-electron chi connectivity index (χ0n) is 12.6. The van der Waals surface area contributed by atoms with Crippen LogP contribution in [0.15, 0.2) is 42.5 Å². The van der Waals surface area contributed by atoms with Crippen LogP contribution < -0.4 is 11.1 Å². The molecule has 0 radical (unpaired) electrons. The van der Waals surface area contributed by atoms with Crippen molar-refractivity contribution in [2.24, 2.45) is 0 Å². The molecule has 2 aromatic rings. The first-order valence-corrected chi connectivity index (χ1v) is 7.49. The molecule has 2 rings (SSSR count). The highest BCUT2D eigenvalue weighted by Gasteiger charge is 2.14. The third-order valence-electron chi connectivity index (χ3n) is 3.24. The number of hydrogen-bond donors (Lipinski definition) is 2. The van der Waals surface area contributed by atoms with Gasteiger partial charge in [-0.25, -0.2) is 4.79 Å². The number of ether oxygens (including phenoxy) is 1. The molecule has 0 atom stereocenters. The fourth-order valence-corrected chi connectivity index (χ4v) is 2.25. The summed E-state index contributed by atoms with van der Waals surface area (Å²) >= 11 is 5.77. The second-order valence-electron chi connectivity index (χ2n) is 4.87. The Hall–Kier alpha value is -2.53. The van der Waals surface area contributed by atoms with Crippen molar-refractivity contribution >= 4 is 34.9 Å². The first kappa shape index (κ1) is 16.8. The van der Waals surface area contributed by atoms with Crippen LogP contribution in [0, 0.1) is 0 Å². The minimum absolute atomic E-state index is 0.177. The van der Waals surface area contributed by atoms with E-state index in [-0.39, 0.29) is 17.9 Å². The van der Waals surface area contributed by atoms with Crippen molar-refractivity contribution in [2.45, 2.75) is 13.3 Å². The Balaban J connectivity index is 1.95. The van der Waals surface area contributed by atoms with Crippen LogP contribution in [0.25, 0.3) is 0 Å². The van der Waals surface area contributed by atoms with Gasteiger partial charge in [-0.15, -0.1) is 0 Å². The Morgan fingerprint density at radius 2 is 1.96 bits per heavy atom. The molecule has 0 heterocycles. The normalized spacial score (nSPS) is 10.2. The van der Waals surface area contributed by atoms with E-state index in [0.717, 1.165) is 12.0 Å². The molecular weight excluding hydrogens is 316 g/mol. The van der Waals surface area contributed by atoms with Gasteiger partial charge in [0, 0.05) is 16.4 Å². The van der Waals surface area contributed by atoms with Gasteiger partial charge in [-0.1, -0.05) is 36.7 Å². The molecule has 2 aromatic carbocycles. The first-order valence-electron chi connectivity index (χ1n) is 7.11. The minimum atomic E-state index is -0.668. The maximum absolute atomic E-state index is 11.9. The van der Waals surface area contributed by atoms with Crippen molar-refractivity contribution in [2.75, 3.05) is 17.7 Å². The number of carbonyl (C=O) groups is 2. The van der Waals surface area contributed by atoms with Gasteiger partial charge in [0.1, 0.15) is 0 Å². The van der Waals surface area contributed by atoms with E-state index in [9.17, 15) is 9.59 Å². The monoisotopic (exact) mass is 332 g/mol. The van der Waals surface area contributed by atoms with Gasteiger partial charge < -0.3 is 15.8 Å². The van der Waals surface area contributed by atoms with E-state index in [1.807, 2.05) is 25.1 Å². The van der Waals surface area contributed by atoms with Crippen LogP contribution in [0.3, 0.4) is 0 Å². The maximum atomic E-state index is 11.9. The summed E-state index contributed by atoms with van der Waals surface area (Å²) in [4.78, 5) is 23.8. The zero-order chi connectivity index (χ0) is 16.8. The highest BCUT2D eigenvalue weighted by Crippen LogP contribution is 2.19. The highest BCUT2D eigenvalue weighted by atomic mass is 35.5. The van der Waals surface area contributed by atoms with Crippen LogP contribution in [0.5, 0.6) is 0 Å². The standard InChI is InChI=1S/C17H17ClN2O3/c1-2-11-5-3-4-6-15(11)20-16(21)10-23-17(22)13-8-7-12(18)9-14(13)19/h3-9H,2,10,19H2,1H3,(H,20,21). The van der Waals surface area contributed by atoms with Crippen molar-refractivity contribution < 1.29 is 14.3 Å². The number of benzene rings is 2. The molecule has 1 amide bonds. The van der Waals surface area contributed by atoms with Crippen LogP contribution in [0.2, 0.25) is 5.02 Å². The molecular formula is C17H17ClN2O3. The van der Waals surface area contributed by atoms with Crippen LogP contribution in [-0.4, -0.2) is 18.5 Å². The average molecular weight is 333 g/mol. The summed E-state index contributed by atoms with van der Waals surface area (Å²) in [5.74, 6) is -1.08. The Labute approximate surface area is 139 Å². The number of halogens is 1. The maximum Gasteiger partial charge on any atom is 0.340 e. The van der Waals surface area contributed by atoms with Crippen molar-refractivity contribution in [1.29, 1.82) is 0 Å². The zero-order valence-corrected chi connectivity index (χ0v) is 13.4. The summed E-state index contributed by atoms with van der Waals surface area (Å²) in [5.41, 5.74) is 7.81. The van der Waals surface area contributed by atoms with Crippen LogP contribution in [-0.2, 0) is 16.0 Å². The molecule has 5 nitrogen and oxygen atoms in total. The third-order valence-corrected chi connectivity index (χ3v) is 3.48. The summed E-state index contributed by atoms with van der Waals surface area (Å²) in [6.45, 7) is 1.60. The molecule has 23 heavy (non-hydrogen) atoms. The summed E-state index contributed by atoms with van der Waals surface area (Å²) in [6, 6.07) is 11.9. The average Bonchev–Trinajstić information content (AvgIpc) is 2.53. The molecule has 3 N–H and O–H groups in total. The van der Waals surface area contributed by atoms with E-state index >= 15 is 0 Å². The van der Waals surface area contributed by atoms with Gasteiger partial charge in [0.2, 0.25) is 0 Å². The highest BCUT2D eigenvalue weighted by molar-refractivity contribution is 6.31. The molecule has 120 valence electrons. The van der Waals surface area contributed by atoms with Gasteiger partial charge in [-0.05, 0) is 36.2 Å². The Kier molecular flexibility index (Phi) is 5.60. The molecule has 0 fully saturated rings. The fourth-order valence-electron chi connectivity index (χ4n) is 2.07. The SMILES string of the molecule is CCc1ccccc1NC(=O)COC(=O)c1ccc(Cl)cc1N. The number of anilines is 2. The lowest BCUT2D eigenvalue weighted by Gasteiger charge is -2.10. The molecule has 0 aliphatic heterocycles. The number of nitrogens with one attached hydrogen (secondary N) is 1. The summed E-state index contributed by atoms with van der Waals surface area (Å²) < 4.78 is 4.98. The first-order chi connectivity index (χ1) is 11.0. The van der Waals surface area contributed by atoms with E-state index < -0.39 is 11.9 Å². The van der Waals surface area contributed by atoms with Gasteiger partial charge in [0.05, 0.1) is 5.56 Å². The predicted molar refractivity (Wildman–Crippen MR) is 90.6 cm³/mol. The Morgan fingerprint density at radius 3 is 2.65 bits per heavy atom. The molecule has 0 bridgehead atoms. The summed E-state index contributed by atoms with van der Waals surface area (Å²) in [6.07, 6.45) is 0.789. The van der Waals surface area contributed by atoms with Crippen LogP contribution in [0.4, 0.5) is 11.4 Å². The van der Waals surface area contributed by atoms with Crippen molar-refractivity contribution in [3.8, 4) is 0 Å². The molecule has 0 unspecified atom stereocenters. The Bertz CT molecular complexity index is 732. The van der Waals surface area contributed by atoms with Gasteiger partial charge in [-0.3, -0.25) is 4.79 Å². The quantitative estimate of drug-likeness (QED) is 0.650. The molecule has 6 heteroatoms. The summed E-state index contributed by atoms with van der Waals surface area (Å²) in [7, 11) is 0. The molecule has 0 aliphatic rings. The lowest BCUT2D eigenvalue weighted by Crippen LogP contribution is -2.22. The van der Waals surface area contributed by atoms with Crippen molar-refractivity contribution in [3.05, 3.63) is 58.6 Å². The molecule has 0 saturated carbocycles. The van der Waals surface area contributed by atoms with E-state index in [1.165, 1.54) is 18.2 Å². The topological polar surface area (TPSA) is 81.4 Å². The number of nitrogen functional groups attached to an aromatic ring is 1. The molecule has 0 aromatic heterocycles. The van der Waals surface area contributed by atoms with Gasteiger partial charge in [0.25, 0.3) is 5.91 Å². The predicted octanol–water partition coefficient (Wildman–Crippen LogP) is 3.28. The number of hydrogen-bond acceptors (Lipinski definition) is 4. The van der Waals surface area contributed by atoms with Gasteiger partial charge in [-0.2, -0.15) is 0 Å². The van der Waals surface area contributed by atoms with E-state index in [1.54, 1.807) is 6.07 Å². The number of carbonyl (C=O) groups excluding carboxylic acids is 2. The van der Waals surface area contributed by atoms with Crippen LogP contribution in [0.1, 0.15) is 22.8 Å². The van der Waals surface area contributed by atoms with E-state index in [4.69, 9.17) is 22.1 Å². The molecule has 0 spiro atoms. The number of nitrogens with two attached hydrogens (primary N) is 1. The lowest BCUT2D eigenvalue weighted by molar-refractivity contribution is -0.119. The van der Waals surface area contributed by atoms with Crippen molar-refractivity contribution in [1.82, 2.24) is 0 Å². The number of para-hydroxylation sites is 1. The molecule has 0 aliphatic carbocycles. The van der Waals surface area contributed by atoms with Crippen molar-refractivity contribution in [3.63, 3.8) is 0 Å². The largest absolute Gasteiger partial charge is 0.452 e. The second kappa shape index (κ2) is 7.65. The number of esters is 1. The van der Waals surface area contributed by atoms with Crippen LogP contribution >= 0.6 is 11.6 Å².